The summed E-state index contributed by atoms with van der Waals surface area (Å²) in [5, 5.41) is 21.7. The molecule has 0 saturated heterocycles. The Bertz CT molecular complexity index is 1350. The second-order valence-electron chi connectivity index (χ2n) is 10.6. The van der Waals surface area contributed by atoms with E-state index >= 15 is 0 Å². The molecular formula is C29H36F2N6O. The number of anilines is 1. The van der Waals surface area contributed by atoms with Crippen LogP contribution in [0.1, 0.15) is 64.0 Å². The molecule has 202 valence electrons. The number of halogens is 2. The van der Waals surface area contributed by atoms with Crippen molar-refractivity contribution in [3.63, 3.8) is 0 Å². The first-order valence-electron chi connectivity index (χ1n) is 13.6. The molecule has 1 aliphatic rings. The van der Waals surface area contributed by atoms with Gasteiger partial charge in [0.25, 0.3) is 0 Å². The smallest absolute Gasteiger partial charge is 0.137 e. The van der Waals surface area contributed by atoms with Crippen LogP contribution in [0.5, 0.6) is 0 Å². The Hall–Kier alpha value is -3.33. The van der Waals surface area contributed by atoms with Crippen LogP contribution in [0.4, 0.5) is 14.5 Å². The highest BCUT2D eigenvalue weighted by molar-refractivity contribution is 5.82. The predicted octanol–water partition coefficient (Wildman–Crippen LogP) is 5.85. The Labute approximate surface area is 222 Å². The molecule has 5 rings (SSSR count). The van der Waals surface area contributed by atoms with Crippen molar-refractivity contribution < 1.29 is 13.9 Å². The minimum absolute atomic E-state index is 0.0243. The zero-order chi connectivity index (χ0) is 26.7. The van der Waals surface area contributed by atoms with Crippen molar-refractivity contribution in [2.24, 2.45) is 5.92 Å². The van der Waals surface area contributed by atoms with Gasteiger partial charge in [0, 0.05) is 42.0 Å². The SMILES string of the molecule is CCCN(CC1CCCCC1)c1ccc2nn([C@H](C)[C@](O)(Cn3cncn3)c3ccc(F)cc3F)cc2c1. The van der Waals surface area contributed by atoms with Gasteiger partial charge in [0.15, 0.2) is 0 Å². The van der Waals surface area contributed by atoms with Crippen LogP contribution in [0.25, 0.3) is 10.9 Å². The van der Waals surface area contributed by atoms with Gasteiger partial charge in [-0.05, 0) is 56.4 Å². The van der Waals surface area contributed by atoms with Gasteiger partial charge >= 0.3 is 0 Å². The van der Waals surface area contributed by atoms with Gasteiger partial charge < -0.3 is 10.0 Å². The van der Waals surface area contributed by atoms with E-state index in [1.807, 2.05) is 12.3 Å². The lowest BCUT2D eigenvalue weighted by Gasteiger charge is -2.34. The van der Waals surface area contributed by atoms with E-state index < -0.39 is 23.3 Å². The lowest BCUT2D eigenvalue weighted by molar-refractivity contribution is -0.0366. The molecule has 0 aliphatic heterocycles. The van der Waals surface area contributed by atoms with E-state index in [0.29, 0.717) is 0 Å². The molecule has 1 fully saturated rings. The molecule has 7 nitrogen and oxygen atoms in total. The van der Waals surface area contributed by atoms with E-state index in [1.54, 1.807) is 11.6 Å². The summed E-state index contributed by atoms with van der Waals surface area (Å²) in [5.41, 5.74) is 0.159. The number of hydrogen-bond donors (Lipinski definition) is 1. The zero-order valence-electron chi connectivity index (χ0n) is 22.1. The van der Waals surface area contributed by atoms with Crippen LogP contribution in [0, 0.1) is 17.6 Å². The maximum absolute atomic E-state index is 15.0. The van der Waals surface area contributed by atoms with Gasteiger partial charge in [-0.2, -0.15) is 10.2 Å². The van der Waals surface area contributed by atoms with Crippen molar-refractivity contribution in [2.75, 3.05) is 18.0 Å². The fourth-order valence-corrected chi connectivity index (χ4v) is 5.77. The summed E-state index contributed by atoms with van der Waals surface area (Å²) < 4.78 is 31.8. The Kier molecular flexibility index (Phi) is 7.74. The molecule has 0 bridgehead atoms. The fraction of sp³-hybridized carbons (Fsp3) is 0.483. The second-order valence-corrected chi connectivity index (χ2v) is 10.6. The predicted molar refractivity (Wildman–Crippen MR) is 144 cm³/mol. The molecule has 38 heavy (non-hydrogen) atoms. The summed E-state index contributed by atoms with van der Waals surface area (Å²) in [7, 11) is 0. The first-order chi connectivity index (χ1) is 18.4. The molecule has 1 aliphatic carbocycles. The standard InChI is InChI=1S/C29H36F2N6O/c1-3-13-35(16-22-7-5-4-6-8-22)25-10-12-28-23(14-25)17-37(34-28)21(2)29(38,18-36-20-32-19-33-36)26-11-9-24(30)15-27(26)31/h9-12,14-15,17,19-22,38H,3-8,13,16,18H2,1-2H3/t21-,29-/m1/s1. The van der Waals surface area contributed by atoms with Gasteiger partial charge in [-0.25, -0.2) is 18.4 Å². The summed E-state index contributed by atoms with van der Waals surface area (Å²) in [6, 6.07) is 8.80. The Morgan fingerprint density at radius 2 is 1.95 bits per heavy atom. The molecule has 4 aromatic rings. The van der Waals surface area contributed by atoms with Crippen molar-refractivity contribution in [1.82, 2.24) is 24.5 Å². The van der Waals surface area contributed by atoms with Crippen LogP contribution in [0.2, 0.25) is 0 Å². The van der Waals surface area contributed by atoms with Crippen molar-refractivity contribution in [3.05, 3.63) is 72.4 Å². The summed E-state index contributed by atoms with van der Waals surface area (Å²) in [6.07, 6.45) is 12.3. The quantitative estimate of drug-likeness (QED) is 0.283. The number of fused-ring (bicyclic) bond motifs is 1. The minimum atomic E-state index is -1.77. The van der Waals surface area contributed by atoms with Crippen LogP contribution < -0.4 is 4.90 Å². The first-order valence-corrected chi connectivity index (χ1v) is 13.6. The molecule has 0 spiro atoms. The normalized spacial score (nSPS) is 17.0. The van der Waals surface area contributed by atoms with Crippen molar-refractivity contribution >= 4 is 16.6 Å². The van der Waals surface area contributed by atoms with E-state index in [0.717, 1.165) is 48.5 Å². The molecule has 2 aromatic heterocycles. The summed E-state index contributed by atoms with van der Waals surface area (Å²) in [4.78, 5) is 6.42. The maximum atomic E-state index is 15.0. The summed E-state index contributed by atoms with van der Waals surface area (Å²) in [5.74, 6) is -0.799. The third-order valence-corrected chi connectivity index (χ3v) is 7.92. The lowest BCUT2D eigenvalue weighted by Crippen LogP contribution is -2.40. The van der Waals surface area contributed by atoms with Crippen molar-refractivity contribution in [1.29, 1.82) is 0 Å². The van der Waals surface area contributed by atoms with E-state index in [9.17, 15) is 13.9 Å². The van der Waals surface area contributed by atoms with Crippen LogP contribution in [0.3, 0.4) is 0 Å². The van der Waals surface area contributed by atoms with Crippen LogP contribution >= 0.6 is 0 Å². The maximum Gasteiger partial charge on any atom is 0.137 e. The van der Waals surface area contributed by atoms with E-state index in [4.69, 9.17) is 5.10 Å². The second kappa shape index (κ2) is 11.2. The lowest BCUT2D eigenvalue weighted by atomic mass is 9.86. The number of aromatic nitrogens is 5. The van der Waals surface area contributed by atoms with Crippen LogP contribution in [-0.2, 0) is 12.1 Å². The van der Waals surface area contributed by atoms with Gasteiger partial charge in [-0.15, -0.1) is 0 Å². The van der Waals surface area contributed by atoms with Gasteiger partial charge in [-0.1, -0.05) is 32.3 Å². The van der Waals surface area contributed by atoms with Gasteiger partial charge in [0.1, 0.15) is 29.9 Å². The Morgan fingerprint density at radius 1 is 1.13 bits per heavy atom. The summed E-state index contributed by atoms with van der Waals surface area (Å²) >= 11 is 0. The van der Waals surface area contributed by atoms with Crippen molar-refractivity contribution in [2.45, 2.75) is 70.6 Å². The van der Waals surface area contributed by atoms with Crippen LogP contribution in [0.15, 0.2) is 55.2 Å². The molecule has 0 radical (unpaired) electrons. The monoisotopic (exact) mass is 522 g/mol. The molecule has 0 amide bonds. The number of aliphatic hydroxyl groups is 1. The van der Waals surface area contributed by atoms with Gasteiger partial charge in [-0.3, -0.25) is 4.68 Å². The number of rotatable bonds is 10. The largest absolute Gasteiger partial charge is 0.381 e. The number of benzene rings is 2. The topological polar surface area (TPSA) is 72.0 Å². The summed E-state index contributed by atoms with van der Waals surface area (Å²) in [6.45, 7) is 5.96. The zero-order valence-corrected chi connectivity index (χ0v) is 22.1. The molecule has 2 aromatic carbocycles. The first kappa shape index (κ1) is 26.3. The van der Waals surface area contributed by atoms with E-state index in [2.05, 4.69) is 34.0 Å². The number of nitrogens with zero attached hydrogens (tertiary/aromatic N) is 6. The molecule has 9 heteroatoms. The van der Waals surface area contributed by atoms with E-state index in [1.165, 1.54) is 61.2 Å². The number of hydrogen-bond acceptors (Lipinski definition) is 5. The average molecular weight is 523 g/mol. The third kappa shape index (κ3) is 5.43. The Balaban J connectivity index is 1.47. The van der Waals surface area contributed by atoms with E-state index in [-0.39, 0.29) is 12.1 Å². The fourth-order valence-electron chi connectivity index (χ4n) is 5.77. The van der Waals surface area contributed by atoms with Crippen molar-refractivity contribution in [3.8, 4) is 0 Å². The molecule has 2 atom stereocenters. The van der Waals surface area contributed by atoms with Gasteiger partial charge in [0.2, 0.25) is 0 Å². The van der Waals surface area contributed by atoms with Crippen LogP contribution in [-0.4, -0.2) is 42.7 Å². The highest BCUT2D eigenvalue weighted by atomic mass is 19.1. The molecular weight excluding hydrogens is 486 g/mol. The minimum Gasteiger partial charge on any atom is -0.381 e. The molecule has 0 unspecified atom stereocenters. The molecule has 2 heterocycles. The third-order valence-electron chi connectivity index (χ3n) is 7.92. The highest BCUT2D eigenvalue weighted by Gasteiger charge is 2.41. The highest BCUT2D eigenvalue weighted by Crippen LogP contribution is 2.37. The average Bonchev–Trinajstić information content (AvgIpc) is 3.57. The van der Waals surface area contributed by atoms with Gasteiger partial charge in [0.05, 0.1) is 18.1 Å². The molecule has 1 N–H and O–H groups in total. The molecule has 1 saturated carbocycles. The Morgan fingerprint density at radius 3 is 2.66 bits per heavy atom.